The lowest BCUT2D eigenvalue weighted by molar-refractivity contribution is -0.421. The molecule has 6 nitrogen and oxygen atoms in total. The molecule has 1 aromatic carbocycles. The molecule has 7 heteroatoms. The summed E-state index contributed by atoms with van der Waals surface area (Å²) in [5.41, 5.74) is 0.0775. The topological polar surface area (TPSA) is 81.5 Å². The zero-order valence-electron chi connectivity index (χ0n) is 10.6. The Bertz CT molecular complexity index is 488. The van der Waals surface area contributed by atoms with Gasteiger partial charge in [0.05, 0.1) is 11.5 Å². The summed E-state index contributed by atoms with van der Waals surface area (Å²) in [7, 11) is 0. The first-order valence-corrected chi connectivity index (χ1v) is 6.74. The second-order valence-corrected chi connectivity index (χ2v) is 4.17. The summed E-state index contributed by atoms with van der Waals surface area (Å²) >= 11 is 1.08. The van der Waals surface area contributed by atoms with Gasteiger partial charge in [0, 0.05) is 5.69 Å². The summed E-state index contributed by atoms with van der Waals surface area (Å²) in [5, 5.41) is 14.0. The van der Waals surface area contributed by atoms with Gasteiger partial charge in [-0.15, -0.1) is 11.8 Å². The van der Waals surface area contributed by atoms with Crippen molar-refractivity contribution in [2.45, 2.75) is 6.92 Å². The molecule has 0 bridgehead atoms. The van der Waals surface area contributed by atoms with Crippen molar-refractivity contribution in [3.8, 4) is 0 Å². The average molecular weight is 282 g/mol. The summed E-state index contributed by atoms with van der Waals surface area (Å²) in [5.74, 6) is -0.944. The summed E-state index contributed by atoms with van der Waals surface area (Å²) in [6.45, 7) is 1.68. The number of benzene rings is 1. The van der Waals surface area contributed by atoms with Crippen molar-refractivity contribution in [3.63, 3.8) is 0 Å². The molecular weight excluding hydrogens is 268 g/mol. The Balaban J connectivity index is 3.09. The molecule has 19 heavy (non-hydrogen) atoms. The lowest BCUT2D eigenvalue weighted by Crippen LogP contribution is -2.19. The van der Waals surface area contributed by atoms with E-state index in [9.17, 15) is 14.9 Å². The smallest absolute Gasteiger partial charge is 0.412 e. The second kappa shape index (κ2) is 7.42. The van der Waals surface area contributed by atoms with Gasteiger partial charge in [-0.25, -0.2) is 4.79 Å². The maximum Gasteiger partial charge on any atom is 0.412 e. The standard InChI is InChI=1S/C12H14N2O4S/c1-3-18-12(15)10(14(16)17)11(19-2)13-9-7-5-4-6-8-9/h4-8,13H,3H2,1-2H3. The highest BCUT2D eigenvalue weighted by Gasteiger charge is 2.29. The van der Waals surface area contributed by atoms with E-state index >= 15 is 0 Å². The van der Waals surface area contributed by atoms with Crippen LogP contribution < -0.4 is 5.32 Å². The molecule has 0 amide bonds. The monoisotopic (exact) mass is 282 g/mol. The van der Waals surface area contributed by atoms with E-state index in [1.807, 2.05) is 6.07 Å². The minimum Gasteiger partial charge on any atom is -0.458 e. The molecule has 0 radical (unpaired) electrons. The third-order valence-electron chi connectivity index (χ3n) is 2.10. The molecule has 0 fully saturated rings. The van der Waals surface area contributed by atoms with Crippen LogP contribution in [0.25, 0.3) is 0 Å². The van der Waals surface area contributed by atoms with E-state index in [1.54, 1.807) is 37.4 Å². The lowest BCUT2D eigenvalue weighted by Gasteiger charge is -2.09. The number of esters is 1. The molecule has 102 valence electrons. The summed E-state index contributed by atoms with van der Waals surface area (Å²) in [6.07, 6.45) is 1.65. The van der Waals surface area contributed by atoms with E-state index < -0.39 is 16.6 Å². The van der Waals surface area contributed by atoms with Gasteiger partial charge in [-0.1, -0.05) is 18.2 Å². The number of para-hydroxylation sites is 1. The van der Waals surface area contributed by atoms with E-state index in [-0.39, 0.29) is 11.6 Å². The number of carbonyl (C=O) groups is 1. The van der Waals surface area contributed by atoms with Gasteiger partial charge in [-0.05, 0) is 25.3 Å². The maximum absolute atomic E-state index is 11.6. The van der Waals surface area contributed by atoms with Gasteiger partial charge in [-0.3, -0.25) is 10.1 Å². The third-order valence-corrected chi connectivity index (χ3v) is 2.81. The number of nitro groups is 1. The number of carbonyl (C=O) groups excluding carboxylic acids is 1. The van der Waals surface area contributed by atoms with Gasteiger partial charge in [0.25, 0.3) is 0 Å². The number of hydrogen-bond acceptors (Lipinski definition) is 6. The van der Waals surface area contributed by atoms with Crippen LogP contribution in [-0.4, -0.2) is 23.8 Å². The molecule has 0 spiro atoms. The Morgan fingerprint density at radius 1 is 1.42 bits per heavy atom. The third kappa shape index (κ3) is 4.29. The minimum atomic E-state index is -0.944. The minimum absolute atomic E-state index is 0.0865. The Hall–Kier alpha value is -2.02. The Labute approximate surface area is 115 Å². The number of hydrogen-bond donors (Lipinski definition) is 1. The van der Waals surface area contributed by atoms with E-state index in [4.69, 9.17) is 4.74 Å². The molecule has 0 aliphatic rings. The molecule has 0 aromatic heterocycles. The first kappa shape index (κ1) is 15.0. The molecule has 0 heterocycles. The fourth-order valence-corrected chi connectivity index (χ4v) is 1.88. The zero-order chi connectivity index (χ0) is 14.3. The van der Waals surface area contributed by atoms with E-state index in [0.717, 1.165) is 11.8 Å². The molecule has 0 atom stereocenters. The normalized spacial score (nSPS) is 11.5. The molecule has 0 unspecified atom stereocenters. The number of ether oxygens (including phenoxy) is 1. The zero-order valence-corrected chi connectivity index (χ0v) is 11.4. The molecule has 1 rings (SSSR count). The number of thioether (sulfide) groups is 1. The predicted octanol–water partition coefficient (Wildman–Crippen LogP) is 2.47. The Morgan fingerprint density at radius 2 is 2.05 bits per heavy atom. The van der Waals surface area contributed by atoms with E-state index in [2.05, 4.69) is 5.32 Å². The van der Waals surface area contributed by atoms with Crippen LogP contribution in [0, 0.1) is 10.1 Å². The van der Waals surface area contributed by atoms with Crippen molar-refractivity contribution >= 4 is 23.4 Å². The Kier molecular flexibility index (Phi) is 5.87. The van der Waals surface area contributed by atoms with Gasteiger partial charge in [0.15, 0.2) is 5.03 Å². The molecule has 0 saturated carbocycles. The van der Waals surface area contributed by atoms with Crippen LogP contribution >= 0.6 is 11.8 Å². The van der Waals surface area contributed by atoms with Crippen LogP contribution in [0.5, 0.6) is 0 Å². The number of anilines is 1. The maximum atomic E-state index is 11.6. The fourth-order valence-electron chi connectivity index (χ4n) is 1.31. The fraction of sp³-hybridized carbons (Fsp3) is 0.250. The van der Waals surface area contributed by atoms with Gasteiger partial charge in [-0.2, -0.15) is 0 Å². The van der Waals surface area contributed by atoms with Crippen LogP contribution in [0.15, 0.2) is 41.1 Å². The molecular formula is C12H14N2O4S. The number of nitrogens with one attached hydrogen (secondary N) is 1. The van der Waals surface area contributed by atoms with Crippen LogP contribution in [-0.2, 0) is 9.53 Å². The number of rotatable bonds is 6. The average Bonchev–Trinajstić information content (AvgIpc) is 2.39. The van der Waals surface area contributed by atoms with E-state index in [1.165, 1.54) is 0 Å². The largest absolute Gasteiger partial charge is 0.458 e. The van der Waals surface area contributed by atoms with Crippen LogP contribution in [0.1, 0.15) is 6.92 Å². The molecule has 1 N–H and O–H groups in total. The van der Waals surface area contributed by atoms with Crippen molar-refractivity contribution in [1.29, 1.82) is 0 Å². The van der Waals surface area contributed by atoms with Gasteiger partial charge >= 0.3 is 11.7 Å². The van der Waals surface area contributed by atoms with Crippen LogP contribution in [0.2, 0.25) is 0 Å². The highest BCUT2D eigenvalue weighted by atomic mass is 32.2. The van der Waals surface area contributed by atoms with Crippen molar-refractivity contribution in [2.75, 3.05) is 18.2 Å². The van der Waals surface area contributed by atoms with Gasteiger partial charge < -0.3 is 10.1 Å². The molecule has 0 aliphatic carbocycles. The quantitative estimate of drug-likeness (QED) is 0.373. The number of nitrogens with zero attached hydrogens (tertiary/aromatic N) is 1. The van der Waals surface area contributed by atoms with Crippen molar-refractivity contribution in [2.24, 2.45) is 0 Å². The Morgan fingerprint density at radius 3 is 2.53 bits per heavy atom. The second-order valence-electron chi connectivity index (χ2n) is 3.35. The molecule has 0 saturated heterocycles. The van der Waals surface area contributed by atoms with Crippen molar-refractivity contribution in [3.05, 3.63) is 51.2 Å². The van der Waals surface area contributed by atoms with Gasteiger partial charge in [0.1, 0.15) is 0 Å². The van der Waals surface area contributed by atoms with Crippen LogP contribution in [0.4, 0.5) is 5.69 Å². The van der Waals surface area contributed by atoms with Gasteiger partial charge in [0.2, 0.25) is 0 Å². The van der Waals surface area contributed by atoms with Crippen LogP contribution in [0.3, 0.4) is 0 Å². The predicted molar refractivity (Wildman–Crippen MR) is 74.2 cm³/mol. The lowest BCUT2D eigenvalue weighted by atomic mass is 10.3. The molecule has 0 aliphatic heterocycles. The van der Waals surface area contributed by atoms with E-state index in [0.29, 0.717) is 5.69 Å². The molecule has 1 aromatic rings. The summed E-state index contributed by atoms with van der Waals surface area (Å²) in [4.78, 5) is 21.9. The summed E-state index contributed by atoms with van der Waals surface area (Å²) < 4.78 is 4.69. The first-order chi connectivity index (χ1) is 9.10. The first-order valence-electron chi connectivity index (χ1n) is 5.52. The SMILES string of the molecule is CCOC(=O)C(=C(Nc1ccccc1)SC)[N+](=O)[O-]. The van der Waals surface area contributed by atoms with Crippen molar-refractivity contribution in [1.82, 2.24) is 0 Å². The van der Waals surface area contributed by atoms with Crippen molar-refractivity contribution < 1.29 is 14.5 Å². The summed E-state index contributed by atoms with van der Waals surface area (Å²) in [6, 6.07) is 8.90. The highest BCUT2D eigenvalue weighted by molar-refractivity contribution is 8.02. The highest BCUT2D eigenvalue weighted by Crippen LogP contribution is 2.21.